The number of imidazole rings is 1. The SMILES string of the molecule is [2H]c1c(C)c([2H])n2c(CC(=O)N(C([2H])([2H])[2H])C([2H])([2H])[2H])c(-c3ccc(C([2H])([2H])[2H])cc3)nc2c1[2H]. The van der Waals surface area contributed by atoms with Gasteiger partial charge in [-0.2, -0.15) is 0 Å². The van der Waals surface area contributed by atoms with Crippen LogP contribution in [0.3, 0.4) is 0 Å². The van der Waals surface area contributed by atoms with Crippen molar-refractivity contribution >= 4 is 11.6 Å². The Morgan fingerprint density at radius 1 is 1.26 bits per heavy atom. The first-order valence-corrected chi connectivity index (χ1v) is 6.77. The highest BCUT2D eigenvalue weighted by molar-refractivity contribution is 5.81. The van der Waals surface area contributed by atoms with Crippen molar-refractivity contribution in [3.63, 3.8) is 0 Å². The first-order valence-electron chi connectivity index (χ1n) is 12.8. The fraction of sp³-hybridized carbons (Fsp3) is 0.263. The molecule has 118 valence electrons. The molecule has 0 aliphatic rings. The number of aryl methyl sites for hydroxylation is 1. The van der Waals surface area contributed by atoms with Gasteiger partial charge in [0.2, 0.25) is 5.91 Å². The lowest BCUT2D eigenvalue weighted by atomic mass is 10.1. The number of fused-ring (bicyclic) bond motifs is 1. The lowest BCUT2D eigenvalue weighted by Gasteiger charge is -2.11. The second-order valence-electron chi connectivity index (χ2n) is 5.04. The Balaban J connectivity index is 2.29. The maximum absolute atomic E-state index is 13.0. The summed E-state index contributed by atoms with van der Waals surface area (Å²) in [5.41, 5.74) is 0.233. The summed E-state index contributed by atoms with van der Waals surface area (Å²) < 4.78 is 93.6. The van der Waals surface area contributed by atoms with E-state index in [-0.39, 0.29) is 51.3 Å². The van der Waals surface area contributed by atoms with Gasteiger partial charge in [0.25, 0.3) is 0 Å². The number of hydrogen-bond acceptors (Lipinski definition) is 2. The molecule has 3 rings (SSSR count). The highest BCUT2D eigenvalue weighted by Gasteiger charge is 2.18. The summed E-state index contributed by atoms with van der Waals surface area (Å²) in [6.07, 6.45) is -1.08. The van der Waals surface area contributed by atoms with Crippen molar-refractivity contribution in [1.29, 1.82) is 0 Å². The van der Waals surface area contributed by atoms with Gasteiger partial charge in [0.1, 0.15) is 5.65 Å². The van der Waals surface area contributed by atoms with Crippen LogP contribution in [0.1, 0.15) is 33.3 Å². The number of rotatable bonds is 3. The molecular formula is C19H21N3O. The summed E-state index contributed by atoms with van der Waals surface area (Å²) in [5, 5.41) is 0. The fourth-order valence-electron chi connectivity index (χ4n) is 2.25. The van der Waals surface area contributed by atoms with E-state index >= 15 is 0 Å². The molecule has 0 saturated heterocycles. The van der Waals surface area contributed by atoms with Crippen LogP contribution in [0.2, 0.25) is 0 Å². The zero-order valence-electron chi connectivity index (χ0n) is 24.3. The molecule has 1 amide bonds. The lowest BCUT2D eigenvalue weighted by molar-refractivity contribution is -0.128. The molecule has 23 heavy (non-hydrogen) atoms. The molecule has 0 atom stereocenters. The summed E-state index contributed by atoms with van der Waals surface area (Å²) in [5.74, 6) is -1.29. The molecule has 0 bridgehead atoms. The van der Waals surface area contributed by atoms with E-state index in [4.69, 9.17) is 16.4 Å². The molecule has 0 spiro atoms. The predicted molar refractivity (Wildman–Crippen MR) is 92.5 cm³/mol. The van der Waals surface area contributed by atoms with Crippen molar-refractivity contribution in [2.24, 2.45) is 0 Å². The van der Waals surface area contributed by atoms with Gasteiger partial charge in [-0.1, -0.05) is 35.9 Å². The van der Waals surface area contributed by atoms with Crippen LogP contribution in [0.15, 0.2) is 42.5 Å². The van der Waals surface area contributed by atoms with Crippen molar-refractivity contribution in [1.82, 2.24) is 14.3 Å². The van der Waals surface area contributed by atoms with Gasteiger partial charge in [-0.15, -0.1) is 0 Å². The van der Waals surface area contributed by atoms with Crippen molar-refractivity contribution in [3.8, 4) is 11.3 Å². The molecule has 1 aromatic carbocycles. The van der Waals surface area contributed by atoms with Crippen molar-refractivity contribution in [2.75, 3.05) is 14.0 Å². The minimum atomic E-state index is -3.28. The van der Waals surface area contributed by atoms with Crippen LogP contribution in [0.5, 0.6) is 0 Å². The van der Waals surface area contributed by atoms with Gasteiger partial charge in [-0.25, -0.2) is 4.98 Å². The second-order valence-corrected chi connectivity index (χ2v) is 5.04. The first kappa shape index (κ1) is 6.48. The summed E-state index contributed by atoms with van der Waals surface area (Å²) >= 11 is 0. The molecule has 4 nitrogen and oxygen atoms in total. The highest BCUT2D eigenvalue weighted by Crippen LogP contribution is 2.26. The number of benzene rings is 1. The normalized spacial score (nSPS) is 20.2. The molecule has 0 aliphatic heterocycles. The van der Waals surface area contributed by atoms with Gasteiger partial charge in [0, 0.05) is 38.0 Å². The van der Waals surface area contributed by atoms with Gasteiger partial charge < -0.3 is 9.30 Å². The lowest BCUT2D eigenvalue weighted by Crippen LogP contribution is -2.24. The number of likely N-dealkylation sites (N-methyl/N-ethyl adjacent to an activating group) is 1. The van der Waals surface area contributed by atoms with E-state index < -0.39 is 33.1 Å². The summed E-state index contributed by atoms with van der Waals surface area (Å²) in [6.45, 7) is -7.51. The molecule has 3 aromatic rings. The maximum atomic E-state index is 13.0. The molecule has 0 fully saturated rings. The monoisotopic (exact) mass is 319 g/mol. The van der Waals surface area contributed by atoms with E-state index in [0.29, 0.717) is 5.56 Å². The number of carbonyl (C=O) groups excluding carboxylic acids is 1. The summed E-state index contributed by atoms with van der Waals surface area (Å²) in [6, 6.07) is 4.84. The number of amides is 1. The maximum Gasteiger partial charge on any atom is 0.228 e. The highest BCUT2D eigenvalue weighted by atomic mass is 16.2. The quantitative estimate of drug-likeness (QED) is 0.743. The fourth-order valence-corrected chi connectivity index (χ4v) is 2.25. The van der Waals surface area contributed by atoms with Gasteiger partial charge in [-0.05, 0) is 25.4 Å². The van der Waals surface area contributed by atoms with E-state index in [9.17, 15) is 4.79 Å². The van der Waals surface area contributed by atoms with E-state index in [0.717, 1.165) is 4.40 Å². The van der Waals surface area contributed by atoms with E-state index in [1.165, 1.54) is 31.2 Å². The Morgan fingerprint density at radius 2 is 2.04 bits per heavy atom. The number of aromatic nitrogens is 2. The topological polar surface area (TPSA) is 37.6 Å². The standard InChI is InChI=1S/C19H21N3O/c1-13-5-8-15(9-6-13)19-16(11-18(23)21(3)4)22-12-14(2)7-10-17(22)20-19/h5-10,12H,11H2,1-4H3/i1D3,3D3,4D3,7D,10D,12D. The molecule has 4 heteroatoms. The third-order valence-electron chi connectivity index (χ3n) is 3.34. The van der Waals surface area contributed by atoms with Crippen molar-refractivity contribution in [3.05, 3.63) is 59.3 Å². The number of pyridine rings is 1. The predicted octanol–water partition coefficient (Wildman–Crippen LogP) is 3.25. The molecule has 2 aromatic heterocycles. The zero-order chi connectivity index (χ0) is 26.7. The molecular weight excluding hydrogens is 286 g/mol. The molecule has 0 N–H and O–H groups in total. The third kappa shape index (κ3) is 2.97. The van der Waals surface area contributed by atoms with E-state index in [1.807, 2.05) is 0 Å². The largest absolute Gasteiger partial charge is 0.348 e. The number of carbonyl (C=O) groups is 1. The van der Waals surface area contributed by atoms with Gasteiger partial charge in [0.05, 0.1) is 21.9 Å². The average molecular weight is 319 g/mol. The van der Waals surface area contributed by atoms with Gasteiger partial charge >= 0.3 is 0 Å². The van der Waals surface area contributed by atoms with Gasteiger partial charge in [-0.3, -0.25) is 4.79 Å². The Kier molecular flexibility index (Phi) is 1.65. The minimum absolute atomic E-state index is 0.0264. The van der Waals surface area contributed by atoms with E-state index in [2.05, 4.69) is 4.98 Å². The Hall–Kier alpha value is -2.62. The summed E-state index contributed by atoms with van der Waals surface area (Å²) in [7, 11) is 0. The van der Waals surface area contributed by atoms with Crippen LogP contribution >= 0.6 is 0 Å². The zero-order valence-corrected chi connectivity index (χ0v) is 12.3. The molecule has 0 saturated carbocycles. The number of hydrogen-bond donors (Lipinski definition) is 0. The first-order chi connectivity index (χ1) is 15.9. The van der Waals surface area contributed by atoms with Crippen LogP contribution in [0, 0.1) is 13.8 Å². The van der Waals surface area contributed by atoms with Crippen molar-refractivity contribution in [2.45, 2.75) is 20.2 Å². The minimum Gasteiger partial charge on any atom is -0.348 e. The molecule has 0 unspecified atom stereocenters. The third-order valence-corrected chi connectivity index (χ3v) is 3.34. The van der Waals surface area contributed by atoms with Crippen LogP contribution in [0.4, 0.5) is 0 Å². The molecule has 0 aliphatic carbocycles. The van der Waals surface area contributed by atoms with Crippen molar-refractivity contribution < 1.29 is 21.2 Å². The van der Waals surface area contributed by atoms with Crippen LogP contribution < -0.4 is 0 Å². The van der Waals surface area contributed by atoms with Crippen LogP contribution in [-0.4, -0.2) is 34.1 Å². The Bertz CT molecular complexity index is 1270. The Morgan fingerprint density at radius 3 is 2.74 bits per heavy atom. The average Bonchev–Trinajstić information content (AvgIpc) is 3.07. The van der Waals surface area contributed by atoms with E-state index in [1.54, 1.807) is 0 Å². The number of nitrogens with zero attached hydrogens (tertiary/aromatic N) is 3. The second kappa shape index (κ2) is 5.88. The smallest absolute Gasteiger partial charge is 0.228 e. The molecule has 2 heterocycles. The Labute approximate surface area is 153 Å². The van der Waals surface area contributed by atoms with Gasteiger partial charge in [0.15, 0.2) is 0 Å². The van der Waals surface area contributed by atoms with Crippen LogP contribution in [-0.2, 0) is 11.2 Å². The van der Waals surface area contributed by atoms with Crippen LogP contribution in [0.25, 0.3) is 16.9 Å². The summed E-state index contributed by atoms with van der Waals surface area (Å²) in [4.78, 5) is 17.1. The molecule has 0 radical (unpaired) electrons.